The van der Waals surface area contributed by atoms with Crippen LogP contribution in [0.4, 0.5) is 5.69 Å². The molecule has 1 aromatic heterocycles. The van der Waals surface area contributed by atoms with E-state index in [4.69, 9.17) is 10.5 Å². The van der Waals surface area contributed by atoms with Crippen molar-refractivity contribution in [3.63, 3.8) is 0 Å². The largest absolute Gasteiger partial charge is 0.397 e. The summed E-state index contributed by atoms with van der Waals surface area (Å²) in [5.41, 5.74) is 7.34. The van der Waals surface area contributed by atoms with Crippen molar-refractivity contribution in [3.05, 3.63) is 42.2 Å². The maximum atomic E-state index is 12.3. The quantitative estimate of drug-likeness (QED) is 0.835. The Kier molecular flexibility index (Phi) is 3.39. The Morgan fingerprint density at radius 1 is 1.43 bits per heavy atom. The van der Waals surface area contributed by atoms with Crippen LogP contribution < -0.4 is 11.1 Å². The Bertz CT molecular complexity index is 659. The topological polar surface area (TPSA) is 82.2 Å². The third-order valence-electron chi connectivity index (χ3n) is 3.64. The molecule has 1 fully saturated rings. The van der Waals surface area contributed by atoms with E-state index in [2.05, 4.69) is 10.4 Å². The molecule has 6 heteroatoms. The molecule has 1 aliphatic rings. The molecule has 3 N–H and O–H groups in total. The lowest BCUT2D eigenvalue weighted by molar-refractivity contribution is 0.0884. The fourth-order valence-corrected chi connectivity index (χ4v) is 2.38. The summed E-state index contributed by atoms with van der Waals surface area (Å²) in [4.78, 5) is 12.3. The summed E-state index contributed by atoms with van der Waals surface area (Å²) in [5.74, 6) is -0.198. The molecule has 21 heavy (non-hydrogen) atoms. The Balaban J connectivity index is 1.79. The highest BCUT2D eigenvalue weighted by atomic mass is 16.5. The highest BCUT2D eigenvalue weighted by Crippen LogP contribution is 2.19. The number of rotatable bonds is 3. The monoisotopic (exact) mass is 286 g/mol. The molecule has 1 aromatic carbocycles. The van der Waals surface area contributed by atoms with Gasteiger partial charge in [-0.05, 0) is 31.5 Å². The van der Waals surface area contributed by atoms with Gasteiger partial charge in [0.05, 0.1) is 23.5 Å². The predicted octanol–water partition coefficient (Wildman–Crippen LogP) is 1.36. The first-order chi connectivity index (χ1) is 10.1. The van der Waals surface area contributed by atoms with E-state index in [1.807, 2.05) is 25.1 Å². The summed E-state index contributed by atoms with van der Waals surface area (Å²) in [5, 5.41) is 7.28. The lowest BCUT2D eigenvalue weighted by Crippen LogP contribution is -2.46. The molecule has 1 unspecified atom stereocenters. The molecule has 0 radical (unpaired) electrons. The summed E-state index contributed by atoms with van der Waals surface area (Å²) in [6.45, 7) is 3.18. The molecule has 1 saturated heterocycles. The number of carbonyl (C=O) groups excluding carboxylic acids is 1. The van der Waals surface area contributed by atoms with Crippen LogP contribution >= 0.6 is 0 Å². The SMILES string of the molecule is CC1(NC(=O)c2ccn(-c3ccccc3N)n2)CCOC1. The van der Waals surface area contributed by atoms with Crippen molar-refractivity contribution in [1.82, 2.24) is 15.1 Å². The van der Waals surface area contributed by atoms with E-state index in [0.29, 0.717) is 24.6 Å². The summed E-state index contributed by atoms with van der Waals surface area (Å²) < 4.78 is 6.94. The Morgan fingerprint density at radius 3 is 2.95 bits per heavy atom. The van der Waals surface area contributed by atoms with E-state index < -0.39 is 0 Å². The molecule has 0 spiro atoms. The van der Waals surface area contributed by atoms with Gasteiger partial charge in [-0.3, -0.25) is 4.79 Å². The fraction of sp³-hybridized carbons (Fsp3) is 0.333. The maximum Gasteiger partial charge on any atom is 0.272 e. The molecule has 6 nitrogen and oxygen atoms in total. The van der Waals surface area contributed by atoms with Crippen molar-refractivity contribution >= 4 is 11.6 Å². The number of nitrogens with two attached hydrogens (primary N) is 1. The predicted molar refractivity (Wildman–Crippen MR) is 79.3 cm³/mol. The van der Waals surface area contributed by atoms with Gasteiger partial charge in [0.1, 0.15) is 0 Å². The van der Waals surface area contributed by atoms with Crippen LogP contribution in [-0.4, -0.2) is 34.4 Å². The van der Waals surface area contributed by atoms with Crippen LogP contribution in [0.5, 0.6) is 0 Å². The number of hydrogen-bond donors (Lipinski definition) is 2. The second-order valence-corrected chi connectivity index (χ2v) is 5.52. The van der Waals surface area contributed by atoms with Gasteiger partial charge in [-0.1, -0.05) is 12.1 Å². The zero-order valence-corrected chi connectivity index (χ0v) is 11.9. The van der Waals surface area contributed by atoms with E-state index in [9.17, 15) is 4.79 Å². The van der Waals surface area contributed by atoms with E-state index in [0.717, 1.165) is 12.1 Å². The van der Waals surface area contributed by atoms with Crippen LogP contribution in [0, 0.1) is 0 Å². The number of benzene rings is 1. The lowest BCUT2D eigenvalue weighted by Gasteiger charge is -2.22. The Hall–Kier alpha value is -2.34. The smallest absolute Gasteiger partial charge is 0.272 e. The summed E-state index contributed by atoms with van der Waals surface area (Å²) in [6.07, 6.45) is 2.54. The number of amides is 1. The number of hydrogen-bond acceptors (Lipinski definition) is 4. The van der Waals surface area contributed by atoms with Crippen molar-refractivity contribution in [2.24, 2.45) is 0 Å². The fourth-order valence-electron chi connectivity index (χ4n) is 2.38. The molecule has 1 aliphatic heterocycles. The minimum absolute atomic E-state index is 0.198. The third kappa shape index (κ3) is 2.75. The number of aromatic nitrogens is 2. The highest BCUT2D eigenvalue weighted by molar-refractivity contribution is 5.92. The number of para-hydroxylation sites is 2. The standard InChI is InChI=1S/C15H18N4O2/c1-15(7-9-21-10-15)17-14(20)12-6-8-19(18-12)13-5-3-2-4-11(13)16/h2-6,8H,7,9-10,16H2,1H3,(H,17,20). The van der Waals surface area contributed by atoms with Gasteiger partial charge in [0.25, 0.3) is 5.91 Å². The van der Waals surface area contributed by atoms with Gasteiger partial charge in [-0.25, -0.2) is 4.68 Å². The van der Waals surface area contributed by atoms with Gasteiger partial charge in [-0.15, -0.1) is 0 Å². The zero-order chi connectivity index (χ0) is 14.9. The summed E-state index contributed by atoms with van der Waals surface area (Å²) in [7, 11) is 0. The first kappa shape index (κ1) is 13.6. The average Bonchev–Trinajstić information content (AvgIpc) is 3.08. The average molecular weight is 286 g/mol. The zero-order valence-electron chi connectivity index (χ0n) is 11.9. The van der Waals surface area contributed by atoms with Crippen LogP contribution in [0.15, 0.2) is 36.5 Å². The van der Waals surface area contributed by atoms with E-state index in [1.54, 1.807) is 23.0 Å². The van der Waals surface area contributed by atoms with Gasteiger partial charge in [0.15, 0.2) is 5.69 Å². The van der Waals surface area contributed by atoms with Crippen LogP contribution in [0.1, 0.15) is 23.8 Å². The van der Waals surface area contributed by atoms with Crippen LogP contribution in [-0.2, 0) is 4.74 Å². The second kappa shape index (κ2) is 5.21. The van der Waals surface area contributed by atoms with Crippen molar-refractivity contribution in [2.45, 2.75) is 18.9 Å². The molecular formula is C15H18N4O2. The molecule has 1 amide bonds. The number of anilines is 1. The summed E-state index contributed by atoms with van der Waals surface area (Å²) >= 11 is 0. The van der Waals surface area contributed by atoms with Crippen molar-refractivity contribution in [2.75, 3.05) is 18.9 Å². The normalized spacial score (nSPS) is 21.4. The van der Waals surface area contributed by atoms with Gasteiger partial charge in [0.2, 0.25) is 0 Å². The number of nitrogens with one attached hydrogen (secondary N) is 1. The molecule has 3 rings (SSSR count). The molecule has 2 aromatic rings. The van der Waals surface area contributed by atoms with Gasteiger partial charge in [0, 0.05) is 12.8 Å². The van der Waals surface area contributed by atoms with Crippen LogP contribution in [0.3, 0.4) is 0 Å². The van der Waals surface area contributed by atoms with Gasteiger partial charge >= 0.3 is 0 Å². The second-order valence-electron chi connectivity index (χ2n) is 5.52. The first-order valence-electron chi connectivity index (χ1n) is 6.88. The van der Waals surface area contributed by atoms with E-state index >= 15 is 0 Å². The molecule has 0 saturated carbocycles. The van der Waals surface area contributed by atoms with Crippen LogP contribution in [0.25, 0.3) is 5.69 Å². The van der Waals surface area contributed by atoms with E-state index in [-0.39, 0.29) is 11.4 Å². The third-order valence-corrected chi connectivity index (χ3v) is 3.64. The molecule has 0 aliphatic carbocycles. The lowest BCUT2D eigenvalue weighted by atomic mass is 10.0. The summed E-state index contributed by atoms with van der Waals surface area (Å²) in [6, 6.07) is 9.08. The Labute approximate surface area is 122 Å². The molecule has 0 bridgehead atoms. The minimum atomic E-state index is -0.313. The number of carbonyl (C=O) groups is 1. The van der Waals surface area contributed by atoms with Crippen LogP contribution in [0.2, 0.25) is 0 Å². The molecule has 110 valence electrons. The minimum Gasteiger partial charge on any atom is -0.397 e. The van der Waals surface area contributed by atoms with Crippen molar-refractivity contribution in [3.8, 4) is 5.69 Å². The maximum absolute atomic E-state index is 12.3. The molecule has 2 heterocycles. The van der Waals surface area contributed by atoms with Gasteiger partial charge in [-0.2, -0.15) is 5.10 Å². The molecular weight excluding hydrogens is 268 g/mol. The van der Waals surface area contributed by atoms with E-state index in [1.165, 1.54) is 0 Å². The molecule has 1 atom stereocenters. The number of ether oxygens (including phenoxy) is 1. The highest BCUT2D eigenvalue weighted by Gasteiger charge is 2.32. The van der Waals surface area contributed by atoms with Crippen molar-refractivity contribution in [1.29, 1.82) is 0 Å². The first-order valence-corrected chi connectivity index (χ1v) is 6.88. The van der Waals surface area contributed by atoms with Crippen molar-refractivity contribution < 1.29 is 9.53 Å². The Morgan fingerprint density at radius 2 is 2.24 bits per heavy atom. The number of nitrogens with zero attached hydrogens (tertiary/aromatic N) is 2. The number of nitrogen functional groups attached to an aromatic ring is 1. The van der Waals surface area contributed by atoms with Gasteiger partial charge < -0.3 is 15.8 Å².